The number of amides is 2. The molecule has 0 spiro atoms. The Morgan fingerprint density at radius 3 is 2.59 bits per heavy atom. The summed E-state index contributed by atoms with van der Waals surface area (Å²) < 4.78 is 5.21. The van der Waals surface area contributed by atoms with Gasteiger partial charge in [-0.3, -0.25) is 14.4 Å². The van der Waals surface area contributed by atoms with Gasteiger partial charge in [-0.1, -0.05) is 42.5 Å². The largest absolute Gasteiger partial charge is 0.452 e. The van der Waals surface area contributed by atoms with E-state index in [9.17, 15) is 14.4 Å². The van der Waals surface area contributed by atoms with Gasteiger partial charge in [0.2, 0.25) is 0 Å². The minimum absolute atomic E-state index is 0.0635. The van der Waals surface area contributed by atoms with Crippen LogP contribution < -0.4 is 11.1 Å². The second kappa shape index (κ2) is 8.01. The van der Waals surface area contributed by atoms with Gasteiger partial charge in [0.05, 0.1) is 12.0 Å². The van der Waals surface area contributed by atoms with Crippen LogP contribution in [-0.4, -0.2) is 23.9 Å². The molecule has 1 heterocycles. The van der Waals surface area contributed by atoms with Gasteiger partial charge in [-0.25, -0.2) is 0 Å². The van der Waals surface area contributed by atoms with Gasteiger partial charge in [0.25, 0.3) is 11.8 Å². The van der Waals surface area contributed by atoms with E-state index >= 15 is 0 Å². The van der Waals surface area contributed by atoms with E-state index in [0.29, 0.717) is 5.00 Å². The highest BCUT2D eigenvalue weighted by atomic mass is 32.1. The van der Waals surface area contributed by atoms with Crippen molar-refractivity contribution in [1.29, 1.82) is 0 Å². The summed E-state index contributed by atoms with van der Waals surface area (Å²) in [5, 5.41) is 6.67. The zero-order chi connectivity index (χ0) is 19.4. The standard InChI is InChI=1S/C20H18N2O4S/c1-12(19(25)22-20-16(18(21)24)8-9-27-20)26-17(23)11-13-6-7-14-4-2-3-5-15(14)10-13/h2-10,12H,11H2,1H3,(H2,21,24)(H,22,25)/t12-/m0/s1. The van der Waals surface area contributed by atoms with E-state index in [1.54, 1.807) is 5.38 Å². The number of carbonyl (C=O) groups excluding carboxylic acids is 3. The number of primary amides is 1. The number of carbonyl (C=O) groups is 3. The van der Waals surface area contributed by atoms with Crippen molar-refractivity contribution in [2.45, 2.75) is 19.4 Å². The molecule has 3 N–H and O–H groups in total. The molecule has 6 nitrogen and oxygen atoms in total. The van der Waals surface area contributed by atoms with Gasteiger partial charge in [0, 0.05) is 0 Å². The highest BCUT2D eigenvalue weighted by Gasteiger charge is 2.20. The minimum atomic E-state index is -0.999. The molecule has 0 saturated heterocycles. The van der Waals surface area contributed by atoms with E-state index in [4.69, 9.17) is 10.5 Å². The summed E-state index contributed by atoms with van der Waals surface area (Å²) in [6.45, 7) is 1.48. The highest BCUT2D eigenvalue weighted by molar-refractivity contribution is 7.14. The normalized spacial score (nSPS) is 11.7. The Balaban J connectivity index is 1.59. The van der Waals surface area contributed by atoms with Gasteiger partial charge in [-0.15, -0.1) is 11.3 Å². The first-order valence-electron chi connectivity index (χ1n) is 8.29. The van der Waals surface area contributed by atoms with Crippen molar-refractivity contribution in [3.05, 3.63) is 65.0 Å². The molecule has 7 heteroatoms. The maximum absolute atomic E-state index is 12.2. The topological polar surface area (TPSA) is 98.5 Å². The zero-order valence-corrected chi connectivity index (χ0v) is 15.4. The van der Waals surface area contributed by atoms with Gasteiger partial charge >= 0.3 is 5.97 Å². The molecule has 0 fully saturated rings. The number of hydrogen-bond donors (Lipinski definition) is 2. The highest BCUT2D eigenvalue weighted by Crippen LogP contribution is 2.23. The molecular weight excluding hydrogens is 364 g/mol. The van der Waals surface area contributed by atoms with Gasteiger partial charge in [0.15, 0.2) is 6.10 Å². The zero-order valence-electron chi connectivity index (χ0n) is 14.6. The molecule has 1 atom stereocenters. The fourth-order valence-corrected chi connectivity index (χ4v) is 3.42. The van der Waals surface area contributed by atoms with Crippen LogP contribution in [0.4, 0.5) is 5.00 Å². The number of esters is 1. The number of hydrogen-bond acceptors (Lipinski definition) is 5. The lowest BCUT2D eigenvalue weighted by Crippen LogP contribution is -2.30. The molecule has 0 aliphatic rings. The third-order valence-corrected chi connectivity index (χ3v) is 4.84. The van der Waals surface area contributed by atoms with E-state index < -0.39 is 23.9 Å². The molecule has 3 aromatic rings. The predicted octanol–water partition coefficient (Wildman–Crippen LogP) is 3.11. The van der Waals surface area contributed by atoms with E-state index in [0.717, 1.165) is 16.3 Å². The molecular formula is C20H18N2O4S. The fourth-order valence-electron chi connectivity index (χ4n) is 2.62. The SMILES string of the molecule is C[C@H](OC(=O)Cc1ccc2ccccc2c1)C(=O)Nc1sccc1C(N)=O. The Kier molecular flexibility index (Phi) is 5.52. The molecule has 138 valence electrons. The smallest absolute Gasteiger partial charge is 0.311 e. The first-order chi connectivity index (χ1) is 12.9. The van der Waals surface area contributed by atoms with Gasteiger partial charge in [0.1, 0.15) is 5.00 Å². The van der Waals surface area contributed by atoms with Crippen LogP contribution in [0.3, 0.4) is 0 Å². The third kappa shape index (κ3) is 4.51. The van der Waals surface area contributed by atoms with Crippen molar-refractivity contribution < 1.29 is 19.1 Å². The van der Waals surface area contributed by atoms with Crippen molar-refractivity contribution in [1.82, 2.24) is 0 Å². The summed E-state index contributed by atoms with van der Waals surface area (Å²) in [4.78, 5) is 35.7. The number of thiophene rings is 1. The monoisotopic (exact) mass is 382 g/mol. The number of nitrogens with one attached hydrogen (secondary N) is 1. The van der Waals surface area contributed by atoms with Crippen LogP contribution in [0.1, 0.15) is 22.8 Å². The van der Waals surface area contributed by atoms with Crippen LogP contribution in [0, 0.1) is 0 Å². The van der Waals surface area contributed by atoms with E-state index in [1.807, 2.05) is 42.5 Å². The lowest BCUT2D eigenvalue weighted by molar-refractivity contribution is -0.152. The van der Waals surface area contributed by atoms with Crippen molar-refractivity contribution in [2.24, 2.45) is 5.73 Å². The minimum Gasteiger partial charge on any atom is -0.452 e. The lowest BCUT2D eigenvalue weighted by atomic mass is 10.1. The maximum Gasteiger partial charge on any atom is 0.311 e. The Hall–Kier alpha value is -3.19. The summed E-state index contributed by atoms with van der Waals surface area (Å²) >= 11 is 1.17. The van der Waals surface area contributed by atoms with Gasteiger partial charge in [-0.2, -0.15) is 0 Å². The average Bonchev–Trinajstić information content (AvgIpc) is 3.09. The molecule has 0 unspecified atom stereocenters. The summed E-state index contributed by atoms with van der Waals surface area (Å²) in [5.74, 6) is -1.66. The molecule has 0 aliphatic carbocycles. The Morgan fingerprint density at radius 1 is 1.11 bits per heavy atom. The van der Waals surface area contributed by atoms with Crippen LogP contribution in [0.25, 0.3) is 10.8 Å². The number of anilines is 1. The Labute approximate surface area is 159 Å². The van der Waals surface area contributed by atoms with Crippen LogP contribution in [-0.2, 0) is 20.7 Å². The van der Waals surface area contributed by atoms with Crippen LogP contribution in [0.15, 0.2) is 53.9 Å². The number of rotatable bonds is 6. The number of benzene rings is 2. The first-order valence-corrected chi connectivity index (χ1v) is 9.17. The number of ether oxygens (including phenoxy) is 1. The molecule has 2 aromatic carbocycles. The van der Waals surface area contributed by atoms with Crippen molar-refractivity contribution in [2.75, 3.05) is 5.32 Å². The van der Waals surface area contributed by atoms with Crippen molar-refractivity contribution in [3.8, 4) is 0 Å². The van der Waals surface area contributed by atoms with Crippen LogP contribution in [0.2, 0.25) is 0 Å². The summed E-state index contributed by atoms with van der Waals surface area (Å²) in [6.07, 6.45) is -0.936. The molecule has 0 aliphatic heterocycles. The average molecular weight is 382 g/mol. The first kappa shape index (κ1) is 18.6. The molecule has 0 saturated carbocycles. The molecule has 1 aromatic heterocycles. The quantitative estimate of drug-likeness (QED) is 0.640. The predicted molar refractivity (Wildman–Crippen MR) is 105 cm³/mol. The fraction of sp³-hybridized carbons (Fsp3) is 0.150. The summed E-state index contributed by atoms with van der Waals surface area (Å²) in [7, 11) is 0. The third-order valence-electron chi connectivity index (χ3n) is 4.01. The molecule has 0 bridgehead atoms. The van der Waals surface area contributed by atoms with E-state index in [1.165, 1.54) is 24.3 Å². The Morgan fingerprint density at radius 2 is 1.85 bits per heavy atom. The Bertz CT molecular complexity index is 1010. The van der Waals surface area contributed by atoms with Crippen molar-refractivity contribution in [3.63, 3.8) is 0 Å². The molecule has 3 rings (SSSR count). The lowest BCUT2D eigenvalue weighted by Gasteiger charge is -2.13. The summed E-state index contributed by atoms with van der Waals surface area (Å²) in [6, 6.07) is 15.1. The second-order valence-electron chi connectivity index (χ2n) is 6.01. The van der Waals surface area contributed by atoms with Crippen molar-refractivity contribution >= 4 is 44.9 Å². The molecule has 0 radical (unpaired) electrons. The number of nitrogens with two attached hydrogens (primary N) is 1. The number of fused-ring (bicyclic) bond motifs is 1. The summed E-state index contributed by atoms with van der Waals surface area (Å²) in [5.41, 5.74) is 6.28. The van der Waals surface area contributed by atoms with Gasteiger partial charge < -0.3 is 15.8 Å². The maximum atomic E-state index is 12.2. The van der Waals surface area contributed by atoms with Crippen LogP contribution >= 0.6 is 11.3 Å². The van der Waals surface area contributed by atoms with E-state index in [2.05, 4.69) is 5.32 Å². The molecule has 27 heavy (non-hydrogen) atoms. The van der Waals surface area contributed by atoms with Gasteiger partial charge in [-0.05, 0) is 34.7 Å². The second-order valence-corrected chi connectivity index (χ2v) is 6.92. The van der Waals surface area contributed by atoms with Crippen LogP contribution in [0.5, 0.6) is 0 Å². The van der Waals surface area contributed by atoms with E-state index in [-0.39, 0.29) is 12.0 Å². The molecule has 2 amide bonds.